The van der Waals surface area contributed by atoms with Gasteiger partial charge in [-0.05, 0) is 24.5 Å². The molecular formula is C15H17N3O3. The number of aliphatic hydroxyl groups is 1. The molecule has 1 aliphatic rings. The van der Waals surface area contributed by atoms with E-state index in [9.17, 15) is 14.7 Å². The number of aliphatic hydroxyl groups excluding tert-OH is 1. The van der Waals surface area contributed by atoms with Crippen molar-refractivity contribution in [2.24, 2.45) is 5.92 Å². The fourth-order valence-corrected chi connectivity index (χ4v) is 2.60. The summed E-state index contributed by atoms with van der Waals surface area (Å²) in [4.78, 5) is 26.3. The van der Waals surface area contributed by atoms with Crippen molar-refractivity contribution >= 4 is 16.8 Å². The van der Waals surface area contributed by atoms with Crippen molar-refractivity contribution in [3.63, 3.8) is 0 Å². The van der Waals surface area contributed by atoms with Crippen LogP contribution in [0.1, 0.15) is 23.8 Å². The Kier molecular flexibility index (Phi) is 3.47. The summed E-state index contributed by atoms with van der Waals surface area (Å²) in [5.74, 6) is -0.259. The summed E-state index contributed by atoms with van der Waals surface area (Å²) in [7, 11) is 0. The number of hydrogen-bond acceptors (Lipinski definition) is 4. The smallest absolute Gasteiger partial charge is 0.278 e. The maximum atomic E-state index is 12.4. The molecule has 2 N–H and O–H groups in total. The Hall–Kier alpha value is -2.21. The molecule has 110 valence electrons. The van der Waals surface area contributed by atoms with Crippen molar-refractivity contribution in [1.82, 2.24) is 15.1 Å². The highest BCUT2D eigenvalue weighted by Crippen LogP contribution is 2.18. The standard InChI is InChI=1S/C15H17N3O3/c1-9-6-7-18(8-12(9)19)15(21)13-14(20)10-4-2-3-5-11(10)16-17-13/h2-5,9,12,19H,6-8H2,1H3,(H,16,20). The third kappa shape index (κ3) is 2.42. The first kappa shape index (κ1) is 13.8. The molecule has 2 unspecified atom stereocenters. The monoisotopic (exact) mass is 287 g/mol. The van der Waals surface area contributed by atoms with Gasteiger partial charge in [0.25, 0.3) is 5.91 Å². The fourth-order valence-electron chi connectivity index (χ4n) is 2.60. The molecule has 1 aromatic carbocycles. The van der Waals surface area contributed by atoms with Crippen molar-refractivity contribution in [1.29, 1.82) is 0 Å². The summed E-state index contributed by atoms with van der Waals surface area (Å²) in [5.41, 5.74) is 0.115. The number of aromatic nitrogens is 2. The fraction of sp³-hybridized carbons (Fsp3) is 0.400. The minimum Gasteiger partial charge on any atom is -0.391 e. The second kappa shape index (κ2) is 5.29. The Morgan fingerprint density at radius 1 is 1.43 bits per heavy atom. The van der Waals surface area contributed by atoms with Crippen molar-refractivity contribution in [2.45, 2.75) is 19.4 Å². The number of fused-ring (bicyclic) bond motifs is 1. The molecule has 0 saturated carbocycles. The Morgan fingerprint density at radius 2 is 2.19 bits per heavy atom. The van der Waals surface area contributed by atoms with E-state index in [-0.39, 0.29) is 23.6 Å². The number of amides is 1. The van der Waals surface area contributed by atoms with Crippen LogP contribution in [0.2, 0.25) is 0 Å². The number of para-hydroxylation sites is 1. The third-order valence-corrected chi connectivity index (χ3v) is 4.08. The van der Waals surface area contributed by atoms with Gasteiger partial charge in [-0.2, -0.15) is 5.10 Å². The van der Waals surface area contributed by atoms with Gasteiger partial charge < -0.3 is 10.0 Å². The van der Waals surface area contributed by atoms with Crippen LogP contribution in [0.5, 0.6) is 0 Å². The zero-order valence-corrected chi connectivity index (χ0v) is 11.7. The molecule has 3 rings (SSSR count). The zero-order valence-electron chi connectivity index (χ0n) is 11.7. The molecule has 1 amide bonds. The first-order chi connectivity index (χ1) is 10.1. The summed E-state index contributed by atoms with van der Waals surface area (Å²) >= 11 is 0. The van der Waals surface area contributed by atoms with Crippen LogP contribution in [0.25, 0.3) is 10.9 Å². The average Bonchev–Trinajstić information content (AvgIpc) is 2.50. The molecule has 6 heteroatoms. The van der Waals surface area contributed by atoms with Crippen LogP contribution in [0, 0.1) is 5.92 Å². The Morgan fingerprint density at radius 3 is 2.95 bits per heavy atom. The van der Waals surface area contributed by atoms with Crippen LogP contribution in [0.4, 0.5) is 0 Å². The number of β-amino-alcohol motifs (C(OH)–C–C–N with tert-alkyl or cyclic N) is 1. The molecule has 2 atom stereocenters. The highest BCUT2D eigenvalue weighted by atomic mass is 16.3. The maximum absolute atomic E-state index is 12.4. The van der Waals surface area contributed by atoms with E-state index in [2.05, 4.69) is 10.2 Å². The van der Waals surface area contributed by atoms with Crippen LogP contribution in [0.15, 0.2) is 29.1 Å². The molecule has 0 radical (unpaired) electrons. The average molecular weight is 287 g/mol. The number of carbonyl (C=O) groups is 1. The summed E-state index contributed by atoms with van der Waals surface area (Å²) in [6, 6.07) is 6.95. The normalized spacial score (nSPS) is 22.5. The van der Waals surface area contributed by atoms with Gasteiger partial charge in [0, 0.05) is 18.5 Å². The molecule has 1 saturated heterocycles. The van der Waals surface area contributed by atoms with Crippen LogP contribution in [0.3, 0.4) is 0 Å². The Labute approximate surface area is 121 Å². The number of likely N-dealkylation sites (tertiary alicyclic amines) is 1. The number of hydrogen-bond donors (Lipinski definition) is 2. The second-order valence-electron chi connectivity index (χ2n) is 5.53. The molecule has 1 aromatic heterocycles. The van der Waals surface area contributed by atoms with Crippen molar-refractivity contribution in [2.75, 3.05) is 13.1 Å². The van der Waals surface area contributed by atoms with Gasteiger partial charge in [0.05, 0.1) is 11.6 Å². The highest BCUT2D eigenvalue weighted by Gasteiger charge is 2.29. The SMILES string of the molecule is CC1CCN(C(=O)c2n[nH]c3ccccc3c2=O)CC1O. The van der Waals surface area contributed by atoms with E-state index < -0.39 is 12.0 Å². The summed E-state index contributed by atoms with van der Waals surface area (Å²) in [6.45, 7) is 2.73. The minimum atomic E-state index is -0.553. The van der Waals surface area contributed by atoms with Crippen LogP contribution in [-0.2, 0) is 0 Å². The van der Waals surface area contributed by atoms with Gasteiger partial charge in [-0.3, -0.25) is 14.7 Å². The lowest BCUT2D eigenvalue weighted by Gasteiger charge is -2.33. The van der Waals surface area contributed by atoms with Crippen molar-refractivity contribution < 1.29 is 9.90 Å². The van der Waals surface area contributed by atoms with Gasteiger partial charge in [-0.25, -0.2) is 0 Å². The molecule has 0 spiro atoms. The van der Waals surface area contributed by atoms with Gasteiger partial charge in [0.15, 0.2) is 5.69 Å². The number of benzene rings is 1. The summed E-state index contributed by atoms with van der Waals surface area (Å²) in [6.07, 6.45) is 0.167. The lowest BCUT2D eigenvalue weighted by molar-refractivity contribution is 0.0244. The molecular weight excluding hydrogens is 270 g/mol. The lowest BCUT2D eigenvalue weighted by Crippen LogP contribution is -2.47. The number of nitrogens with one attached hydrogen (secondary N) is 1. The van der Waals surface area contributed by atoms with E-state index in [0.717, 1.165) is 6.42 Å². The highest BCUT2D eigenvalue weighted by molar-refractivity contribution is 5.95. The van der Waals surface area contributed by atoms with Crippen LogP contribution in [-0.4, -0.2) is 45.3 Å². The quantitative estimate of drug-likeness (QED) is 0.811. The minimum absolute atomic E-state index is 0.115. The first-order valence-corrected chi connectivity index (χ1v) is 7.02. The van der Waals surface area contributed by atoms with Crippen LogP contribution < -0.4 is 5.43 Å². The topological polar surface area (TPSA) is 86.3 Å². The van der Waals surface area contributed by atoms with E-state index in [1.54, 1.807) is 24.3 Å². The molecule has 2 aromatic rings. The number of aromatic amines is 1. The molecule has 1 fully saturated rings. The van der Waals surface area contributed by atoms with Crippen LogP contribution >= 0.6 is 0 Å². The predicted octanol–water partition coefficient (Wildman–Crippen LogP) is 0.766. The number of piperidine rings is 1. The molecule has 21 heavy (non-hydrogen) atoms. The third-order valence-electron chi connectivity index (χ3n) is 4.08. The molecule has 0 aliphatic carbocycles. The van der Waals surface area contributed by atoms with Gasteiger partial charge in [0.2, 0.25) is 5.43 Å². The summed E-state index contributed by atoms with van der Waals surface area (Å²) in [5, 5.41) is 17.0. The molecule has 0 bridgehead atoms. The van der Waals surface area contributed by atoms with E-state index in [1.807, 2.05) is 6.92 Å². The van der Waals surface area contributed by atoms with E-state index in [1.165, 1.54) is 4.90 Å². The van der Waals surface area contributed by atoms with E-state index in [4.69, 9.17) is 0 Å². The molecule has 2 heterocycles. The number of rotatable bonds is 1. The number of nitrogens with zero attached hydrogens (tertiary/aromatic N) is 2. The van der Waals surface area contributed by atoms with E-state index in [0.29, 0.717) is 17.4 Å². The first-order valence-electron chi connectivity index (χ1n) is 7.02. The number of carbonyl (C=O) groups excluding carboxylic acids is 1. The Bertz CT molecular complexity index is 740. The maximum Gasteiger partial charge on any atom is 0.278 e. The van der Waals surface area contributed by atoms with Gasteiger partial charge >= 0.3 is 0 Å². The van der Waals surface area contributed by atoms with Crippen molar-refractivity contribution in [3.8, 4) is 0 Å². The Balaban J connectivity index is 1.95. The van der Waals surface area contributed by atoms with E-state index >= 15 is 0 Å². The molecule has 6 nitrogen and oxygen atoms in total. The van der Waals surface area contributed by atoms with Crippen molar-refractivity contribution in [3.05, 3.63) is 40.2 Å². The zero-order chi connectivity index (χ0) is 15.0. The predicted molar refractivity (Wildman–Crippen MR) is 78.1 cm³/mol. The van der Waals surface area contributed by atoms with Gasteiger partial charge in [-0.15, -0.1) is 0 Å². The number of H-pyrrole nitrogens is 1. The second-order valence-corrected chi connectivity index (χ2v) is 5.53. The largest absolute Gasteiger partial charge is 0.391 e. The molecule has 1 aliphatic heterocycles. The lowest BCUT2D eigenvalue weighted by atomic mass is 9.96. The van der Waals surface area contributed by atoms with Gasteiger partial charge in [-0.1, -0.05) is 19.1 Å². The summed E-state index contributed by atoms with van der Waals surface area (Å²) < 4.78 is 0. The van der Waals surface area contributed by atoms with Gasteiger partial charge in [0.1, 0.15) is 0 Å².